The predicted octanol–water partition coefficient (Wildman–Crippen LogP) is 3.91. The molecule has 0 spiro atoms. The van der Waals surface area contributed by atoms with E-state index in [2.05, 4.69) is 11.8 Å². The topological polar surface area (TPSA) is 38.5 Å². The molecular formula is C17H40N2O. The van der Waals surface area contributed by atoms with Gasteiger partial charge in [0.15, 0.2) is 0 Å². The molecule has 2 rings (SSSR count). The zero-order valence-corrected chi connectivity index (χ0v) is 14.4. The highest BCUT2D eigenvalue weighted by molar-refractivity contribution is 4.74. The van der Waals surface area contributed by atoms with Crippen molar-refractivity contribution in [1.29, 1.82) is 0 Å². The van der Waals surface area contributed by atoms with E-state index in [-0.39, 0.29) is 1.43 Å². The van der Waals surface area contributed by atoms with Crippen molar-refractivity contribution in [3.63, 3.8) is 0 Å². The summed E-state index contributed by atoms with van der Waals surface area (Å²) in [6, 6.07) is 0. The van der Waals surface area contributed by atoms with Crippen LogP contribution >= 0.6 is 0 Å². The van der Waals surface area contributed by atoms with Crippen LogP contribution in [0.5, 0.6) is 0 Å². The Morgan fingerprint density at radius 3 is 2.05 bits per heavy atom. The van der Waals surface area contributed by atoms with Gasteiger partial charge in [0, 0.05) is 8.03 Å². The minimum atomic E-state index is 0. The molecule has 0 aromatic carbocycles. The normalized spacial score (nSPS) is 20.2. The van der Waals surface area contributed by atoms with Crippen molar-refractivity contribution in [3.8, 4) is 0 Å². The Hall–Kier alpha value is -0.120. The number of hydrogen-bond acceptors (Lipinski definition) is 3. The number of nitrogens with two attached hydrogens (primary N) is 1. The average Bonchev–Trinajstić information content (AvgIpc) is 2.42. The van der Waals surface area contributed by atoms with Crippen LogP contribution < -0.4 is 5.73 Å². The van der Waals surface area contributed by atoms with Crippen molar-refractivity contribution in [2.45, 2.75) is 72.3 Å². The molecule has 124 valence electrons. The highest BCUT2D eigenvalue weighted by atomic mass is 16.5. The fourth-order valence-corrected chi connectivity index (χ4v) is 2.50. The molecule has 0 amide bonds. The second kappa shape index (κ2) is 13.8. The number of likely N-dealkylation sites (tertiary alicyclic amines) is 1. The Morgan fingerprint density at radius 1 is 1.10 bits per heavy atom. The van der Waals surface area contributed by atoms with Crippen LogP contribution in [-0.4, -0.2) is 43.8 Å². The molecule has 0 aromatic heterocycles. The minimum Gasteiger partial charge on any atom is -0.378 e. The Labute approximate surface area is 128 Å². The maximum Gasteiger partial charge on any atom is 0.0575 e. The smallest absolute Gasteiger partial charge is 0.0575 e. The Kier molecular flexibility index (Phi) is 13.8. The highest BCUT2D eigenvalue weighted by Gasteiger charge is 2.22. The molecule has 1 aliphatic carbocycles. The lowest BCUT2D eigenvalue weighted by Crippen LogP contribution is -2.36. The van der Waals surface area contributed by atoms with Crippen LogP contribution in [0.15, 0.2) is 0 Å². The molecule has 1 heterocycles. The number of nitrogens with zero attached hydrogens (tertiary/aromatic N) is 1. The standard InChI is InChI=1S/C13H25NO.C2H7N.C2H6.H2/c1-2-8-14-9-6-12(7-10-14)11-15-13-4-3-5-13;1-2-3;1-2;/h12-13H,2-11H2,1H3;2-3H2,1H3;1-2H3;1H. The molecule has 1 saturated heterocycles. The van der Waals surface area contributed by atoms with Gasteiger partial charge >= 0.3 is 0 Å². The molecule has 2 fully saturated rings. The highest BCUT2D eigenvalue weighted by Crippen LogP contribution is 2.24. The van der Waals surface area contributed by atoms with Crippen LogP contribution in [0.3, 0.4) is 0 Å². The van der Waals surface area contributed by atoms with Gasteiger partial charge in [-0.05, 0) is 70.6 Å². The maximum absolute atomic E-state index is 5.89. The summed E-state index contributed by atoms with van der Waals surface area (Å²) in [7, 11) is 0. The molecule has 2 N–H and O–H groups in total. The largest absolute Gasteiger partial charge is 0.378 e. The second-order valence-electron chi connectivity index (χ2n) is 5.58. The van der Waals surface area contributed by atoms with Crippen molar-refractivity contribution in [2.75, 3.05) is 32.8 Å². The number of hydrogen-bond donors (Lipinski definition) is 1. The molecule has 0 radical (unpaired) electrons. The molecule has 1 saturated carbocycles. The van der Waals surface area contributed by atoms with Crippen molar-refractivity contribution < 1.29 is 6.16 Å². The van der Waals surface area contributed by atoms with Crippen LogP contribution in [-0.2, 0) is 4.74 Å². The van der Waals surface area contributed by atoms with Crippen molar-refractivity contribution >= 4 is 0 Å². The van der Waals surface area contributed by atoms with E-state index in [9.17, 15) is 0 Å². The van der Waals surface area contributed by atoms with Gasteiger partial charge in [-0.2, -0.15) is 0 Å². The van der Waals surface area contributed by atoms with E-state index < -0.39 is 0 Å². The molecule has 3 heteroatoms. The zero-order valence-electron chi connectivity index (χ0n) is 14.4. The first-order chi connectivity index (χ1) is 9.80. The van der Waals surface area contributed by atoms with Crippen LogP contribution in [0, 0.1) is 5.92 Å². The van der Waals surface area contributed by atoms with Crippen LogP contribution in [0.1, 0.15) is 67.6 Å². The number of ether oxygens (including phenoxy) is 1. The van der Waals surface area contributed by atoms with Gasteiger partial charge in [-0.1, -0.05) is 27.7 Å². The lowest BCUT2D eigenvalue weighted by molar-refractivity contribution is -0.0258. The van der Waals surface area contributed by atoms with Crippen LogP contribution in [0.2, 0.25) is 0 Å². The maximum atomic E-state index is 5.89. The third-order valence-electron chi connectivity index (χ3n) is 3.87. The molecule has 0 aromatic rings. The van der Waals surface area contributed by atoms with E-state index in [0.29, 0.717) is 6.10 Å². The van der Waals surface area contributed by atoms with Gasteiger partial charge < -0.3 is 15.4 Å². The fraction of sp³-hybridized carbons (Fsp3) is 1.00. The summed E-state index contributed by atoms with van der Waals surface area (Å²) in [6.45, 7) is 13.8. The van der Waals surface area contributed by atoms with E-state index in [1.807, 2.05) is 20.8 Å². The van der Waals surface area contributed by atoms with Crippen molar-refractivity contribution in [1.82, 2.24) is 4.90 Å². The van der Waals surface area contributed by atoms with Gasteiger partial charge in [0.05, 0.1) is 6.10 Å². The van der Waals surface area contributed by atoms with Gasteiger partial charge in [-0.25, -0.2) is 0 Å². The van der Waals surface area contributed by atoms with Gasteiger partial charge in [-0.15, -0.1) is 0 Å². The Balaban J connectivity index is 0. The molecule has 3 nitrogen and oxygen atoms in total. The van der Waals surface area contributed by atoms with E-state index in [1.54, 1.807) is 0 Å². The minimum absolute atomic E-state index is 0. The summed E-state index contributed by atoms with van der Waals surface area (Å²) in [5.74, 6) is 0.846. The Bertz CT molecular complexity index is 193. The zero-order chi connectivity index (χ0) is 15.2. The number of rotatable bonds is 5. The molecule has 1 aliphatic heterocycles. The Morgan fingerprint density at radius 2 is 1.65 bits per heavy atom. The fourth-order valence-electron chi connectivity index (χ4n) is 2.50. The monoisotopic (exact) mass is 288 g/mol. The second-order valence-corrected chi connectivity index (χ2v) is 5.58. The summed E-state index contributed by atoms with van der Waals surface area (Å²) in [4.78, 5) is 2.60. The molecule has 20 heavy (non-hydrogen) atoms. The summed E-state index contributed by atoms with van der Waals surface area (Å²) in [5.41, 5.74) is 4.85. The molecule has 0 unspecified atom stereocenters. The quantitative estimate of drug-likeness (QED) is 0.833. The lowest BCUT2D eigenvalue weighted by atomic mass is 9.94. The van der Waals surface area contributed by atoms with Crippen molar-refractivity contribution in [2.24, 2.45) is 11.7 Å². The summed E-state index contributed by atoms with van der Waals surface area (Å²) >= 11 is 0. The summed E-state index contributed by atoms with van der Waals surface area (Å²) in [6.07, 6.45) is 8.64. The molecule has 0 atom stereocenters. The van der Waals surface area contributed by atoms with E-state index >= 15 is 0 Å². The van der Waals surface area contributed by atoms with Gasteiger partial charge in [0.2, 0.25) is 0 Å². The molecular weight excluding hydrogens is 248 g/mol. The first kappa shape index (κ1) is 19.9. The lowest BCUT2D eigenvalue weighted by Gasteiger charge is -2.33. The SMILES string of the molecule is CC.CCCN1CCC(COC2CCC2)CC1.CCN.[HH]. The van der Waals surface area contributed by atoms with Gasteiger partial charge in [-0.3, -0.25) is 0 Å². The van der Waals surface area contributed by atoms with Crippen molar-refractivity contribution in [3.05, 3.63) is 0 Å². The van der Waals surface area contributed by atoms with E-state index in [0.717, 1.165) is 19.1 Å². The third kappa shape index (κ3) is 8.93. The van der Waals surface area contributed by atoms with E-state index in [1.165, 1.54) is 58.2 Å². The third-order valence-corrected chi connectivity index (χ3v) is 3.87. The number of piperidine rings is 1. The molecule has 2 aliphatic rings. The van der Waals surface area contributed by atoms with Gasteiger partial charge in [0.25, 0.3) is 0 Å². The van der Waals surface area contributed by atoms with Crippen LogP contribution in [0.4, 0.5) is 0 Å². The van der Waals surface area contributed by atoms with Crippen LogP contribution in [0.25, 0.3) is 0 Å². The van der Waals surface area contributed by atoms with E-state index in [4.69, 9.17) is 10.5 Å². The summed E-state index contributed by atoms with van der Waals surface area (Å²) < 4.78 is 5.89. The summed E-state index contributed by atoms with van der Waals surface area (Å²) in [5, 5.41) is 0. The first-order valence-electron chi connectivity index (χ1n) is 8.84. The first-order valence-corrected chi connectivity index (χ1v) is 8.84. The predicted molar refractivity (Wildman–Crippen MR) is 91.2 cm³/mol. The molecule has 0 bridgehead atoms. The van der Waals surface area contributed by atoms with Gasteiger partial charge in [0.1, 0.15) is 0 Å². The average molecular weight is 289 g/mol.